The smallest absolute Gasteiger partial charge is 0.273 e. The van der Waals surface area contributed by atoms with E-state index in [0.29, 0.717) is 12.2 Å². The first-order valence-electron chi connectivity index (χ1n) is 9.48. The number of H-pyrrole nitrogens is 1. The Morgan fingerprint density at radius 3 is 2.82 bits per heavy atom. The summed E-state index contributed by atoms with van der Waals surface area (Å²) < 4.78 is 1.73. The summed E-state index contributed by atoms with van der Waals surface area (Å²) in [6, 6.07) is 18.6. The van der Waals surface area contributed by atoms with E-state index in [1.54, 1.807) is 10.9 Å². The Morgan fingerprint density at radius 2 is 1.96 bits per heavy atom. The van der Waals surface area contributed by atoms with Gasteiger partial charge in [0.2, 0.25) is 0 Å². The van der Waals surface area contributed by atoms with Crippen LogP contribution in [0.25, 0.3) is 10.9 Å². The molecule has 0 radical (unpaired) electrons. The number of rotatable bonds is 7. The molecule has 2 heterocycles. The van der Waals surface area contributed by atoms with Gasteiger partial charge in [-0.05, 0) is 54.5 Å². The minimum atomic E-state index is -0.209. The number of amides is 1. The standard InChI is InChI=1S/C22H23N5O/c1-16-12-19-13-18(9-10-20(19)24-16)14-23-22(28)21-15-27(26-25-21)11-5-8-17-6-3-2-4-7-17/h2-4,6-7,9-10,12-13,15,24H,5,8,11,14H2,1H3,(H,23,28). The van der Waals surface area contributed by atoms with Crippen molar-refractivity contribution in [3.8, 4) is 0 Å². The van der Waals surface area contributed by atoms with Gasteiger partial charge in [0, 0.05) is 24.3 Å². The van der Waals surface area contributed by atoms with Crippen LogP contribution in [-0.2, 0) is 19.5 Å². The predicted molar refractivity (Wildman–Crippen MR) is 109 cm³/mol. The molecule has 142 valence electrons. The van der Waals surface area contributed by atoms with E-state index in [2.05, 4.69) is 44.9 Å². The van der Waals surface area contributed by atoms with Gasteiger partial charge in [-0.25, -0.2) is 0 Å². The summed E-state index contributed by atoms with van der Waals surface area (Å²) in [5.74, 6) is -0.209. The van der Waals surface area contributed by atoms with E-state index in [4.69, 9.17) is 0 Å². The van der Waals surface area contributed by atoms with Crippen LogP contribution in [0.1, 0.15) is 33.7 Å². The van der Waals surface area contributed by atoms with Gasteiger partial charge >= 0.3 is 0 Å². The zero-order valence-corrected chi connectivity index (χ0v) is 15.9. The van der Waals surface area contributed by atoms with Crippen molar-refractivity contribution in [3.63, 3.8) is 0 Å². The molecule has 0 aliphatic heterocycles. The van der Waals surface area contributed by atoms with E-state index in [-0.39, 0.29) is 5.91 Å². The molecule has 2 aromatic heterocycles. The molecule has 1 amide bonds. The van der Waals surface area contributed by atoms with E-state index in [0.717, 1.165) is 41.5 Å². The van der Waals surface area contributed by atoms with Gasteiger partial charge in [-0.3, -0.25) is 9.48 Å². The number of nitrogens with zero attached hydrogens (tertiary/aromatic N) is 3. The van der Waals surface area contributed by atoms with Crippen LogP contribution in [0.5, 0.6) is 0 Å². The minimum absolute atomic E-state index is 0.209. The Morgan fingerprint density at radius 1 is 1.11 bits per heavy atom. The molecule has 0 spiro atoms. The number of benzene rings is 2. The monoisotopic (exact) mass is 373 g/mol. The summed E-state index contributed by atoms with van der Waals surface area (Å²) in [6.45, 7) is 3.23. The van der Waals surface area contributed by atoms with E-state index in [1.165, 1.54) is 5.56 Å². The maximum atomic E-state index is 12.4. The fraction of sp³-hybridized carbons (Fsp3) is 0.227. The van der Waals surface area contributed by atoms with Gasteiger partial charge in [-0.1, -0.05) is 41.6 Å². The summed E-state index contributed by atoms with van der Waals surface area (Å²) in [5.41, 5.74) is 4.93. The lowest BCUT2D eigenvalue weighted by Gasteiger charge is -2.03. The zero-order valence-electron chi connectivity index (χ0n) is 15.9. The Bertz CT molecular complexity index is 1080. The lowest BCUT2D eigenvalue weighted by molar-refractivity contribution is 0.0946. The molecule has 0 unspecified atom stereocenters. The van der Waals surface area contributed by atoms with Crippen LogP contribution in [0.3, 0.4) is 0 Å². The van der Waals surface area contributed by atoms with Crippen molar-refractivity contribution in [2.45, 2.75) is 32.9 Å². The molecule has 4 aromatic rings. The van der Waals surface area contributed by atoms with Crippen molar-refractivity contribution in [3.05, 3.63) is 83.3 Å². The molecule has 28 heavy (non-hydrogen) atoms. The number of nitrogens with one attached hydrogen (secondary N) is 2. The van der Waals surface area contributed by atoms with Crippen molar-refractivity contribution in [1.82, 2.24) is 25.3 Å². The number of aryl methyl sites for hydroxylation is 3. The number of hydrogen-bond donors (Lipinski definition) is 2. The largest absolute Gasteiger partial charge is 0.359 e. The van der Waals surface area contributed by atoms with Crippen molar-refractivity contribution in [2.75, 3.05) is 0 Å². The van der Waals surface area contributed by atoms with Crippen LogP contribution in [0.2, 0.25) is 0 Å². The third-order valence-corrected chi connectivity index (χ3v) is 4.74. The van der Waals surface area contributed by atoms with Gasteiger partial charge in [0.25, 0.3) is 5.91 Å². The van der Waals surface area contributed by atoms with Crippen LogP contribution < -0.4 is 5.32 Å². The first-order valence-corrected chi connectivity index (χ1v) is 9.48. The molecule has 6 heteroatoms. The number of fused-ring (bicyclic) bond motifs is 1. The third kappa shape index (κ3) is 4.28. The number of carbonyl (C=O) groups excluding carboxylic acids is 1. The van der Waals surface area contributed by atoms with Crippen LogP contribution in [0.15, 0.2) is 60.8 Å². The fourth-order valence-electron chi connectivity index (χ4n) is 3.31. The highest BCUT2D eigenvalue weighted by molar-refractivity contribution is 5.91. The van der Waals surface area contributed by atoms with Crippen molar-refractivity contribution >= 4 is 16.8 Å². The summed E-state index contributed by atoms with van der Waals surface area (Å²) in [6.07, 6.45) is 3.63. The molecule has 6 nitrogen and oxygen atoms in total. The number of carbonyl (C=O) groups is 1. The first kappa shape index (κ1) is 18.0. The quantitative estimate of drug-likeness (QED) is 0.519. The Hall–Kier alpha value is -3.41. The second-order valence-corrected chi connectivity index (χ2v) is 7.01. The molecule has 0 fully saturated rings. The average Bonchev–Trinajstić information content (AvgIpc) is 3.32. The van der Waals surface area contributed by atoms with Gasteiger partial charge in [0.05, 0.1) is 6.20 Å². The van der Waals surface area contributed by atoms with Crippen LogP contribution in [0, 0.1) is 6.92 Å². The van der Waals surface area contributed by atoms with Crippen LogP contribution in [0.4, 0.5) is 0 Å². The normalized spacial score (nSPS) is 11.0. The van der Waals surface area contributed by atoms with E-state index < -0.39 is 0 Å². The highest BCUT2D eigenvalue weighted by Crippen LogP contribution is 2.16. The molecular formula is C22H23N5O. The highest BCUT2D eigenvalue weighted by atomic mass is 16.2. The topological polar surface area (TPSA) is 75.6 Å². The van der Waals surface area contributed by atoms with Gasteiger partial charge in [-0.2, -0.15) is 0 Å². The lowest BCUT2D eigenvalue weighted by Crippen LogP contribution is -2.23. The fourth-order valence-corrected chi connectivity index (χ4v) is 3.31. The highest BCUT2D eigenvalue weighted by Gasteiger charge is 2.11. The summed E-state index contributed by atoms with van der Waals surface area (Å²) in [4.78, 5) is 15.7. The van der Waals surface area contributed by atoms with Gasteiger partial charge < -0.3 is 10.3 Å². The molecule has 2 N–H and O–H groups in total. The second-order valence-electron chi connectivity index (χ2n) is 7.01. The third-order valence-electron chi connectivity index (χ3n) is 4.74. The van der Waals surface area contributed by atoms with Gasteiger partial charge in [0.1, 0.15) is 0 Å². The molecule has 4 rings (SSSR count). The van der Waals surface area contributed by atoms with Crippen LogP contribution in [-0.4, -0.2) is 25.9 Å². The lowest BCUT2D eigenvalue weighted by atomic mass is 10.1. The molecule has 0 saturated heterocycles. The van der Waals surface area contributed by atoms with Gasteiger partial charge in [-0.15, -0.1) is 5.10 Å². The van der Waals surface area contributed by atoms with E-state index in [9.17, 15) is 4.79 Å². The summed E-state index contributed by atoms with van der Waals surface area (Å²) in [7, 11) is 0. The minimum Gasteiger partial charge on any atom is -0.359 e. The maximum Gasteiger partial charge on any atom is 0.273 e. The average molecular weight is 373 g/mol. The Kier molecular flexibility index (Phi) is 5.19. The number of aromatic amines is 1. The summed E-state index contributed by atoms with van der Waals surface area (Å²) in [5, 5.41) is 12.1. The van der Waals surface area contributed by atoms with Gasteiger partial charge in [0.15, 0.2) is 5.69 Å². The Balaban J connectivity index is 1.29. The Labute approximate surface area is 163 Å². The SMILES string of the molecule is Cc1cc2cc(CNC(=O)c3cn(CCCc4ccccc4)nn3)ccc2[nH]1. The molecule has 0 saturated carbocycles. The molecule has 0 aliphatic carbocycles. The summed E-state index contributed by atoms with van der Waals surface area (Å²) >= 11 is 0. The molecule has 2 aromatic carbocycles. The zero-order chi connectivity index (χ0) is 19.3. The number of aromatic nitrogens is 4. The van der Waals surface area contributed by atoms with Crippen LogP contribution >= 0.6 is 0 Å². The predicted octanol–water partition coefficient (Wildman–Crippen LogP) is 3.63. The number of hydrogen-bond acceptors (Lipinski definition) is 3. The first-order chi connectivity index (χ1) is 13.7. The van der Waals surface area contributed by atoms with Crippen molar-refractivity contribution in [1.29, 1.82) is 0 Å². The second kappa shape index (κ2) is 8.08. The molecular weight excluding hydrogens is 350 g/mol. The maximum absolute atomic E-state index is 12.4. The van der Waals surface area contributed by atoms with Crippen molar-refractivity contribution < 1.29 is 4.79 Å². The molecule has 0 bridgehead atoms. The van der Waals surface area contributed by atoms with E-state index >= 15 is 0 Å². The molecule has 0 aliphatic rings. The van der Waals surface area contributed by atoms with E-state index in [1.807, 2.05) is 37.3 Å². The van der Waals surface area contributed by atoms with Crippen molar-refractivity contribution in [2.24, 2.45) is 0 Å². The molecule has 0 atom stereocenters.